The predicted molar refractivity (Wildman–Crippen MR) is 96.3 cm³/mol. The van der Waals surface area contributed by atoms with E-state index in [2.05, 4.69) is 5.32 Å². The van der Waals surface area contributed by atoms with Crippen LogP contribution >= 0.6 is 12.4 Å². The quantitative estimate of drug-likeness (QED) is 0.770. The first kappa shape index (κ1) is 19.2. The number of hydrogen-bond donors (Lipinski definition) is 3. The first-order valence-corrected chi connectivity index (χ1v) is 7.63. The predicted octanol–water partition coefficient (Wildman–Crippen LogP) is 2.57. The van der Waals surface area contributed by atoms with Gasteiger partial charge in [0.05, 0.1) is 33.5 Å². The van der Waals surface area contributed by atoms with Crippen LogP contribution in [0.2, 0.25) is 0 Å². The first-order chi connectivity index (χ1) is 11.6. The number of rotatable bonds is 4. The van der Waals surface area contributed by atoms with Gasteiger partial charge >= 0.3 is 0 Å². The zero-order valence-corrected chi connectivity index (χ0v) is 15.1. The minimum Gasteiger partial charge on any atom is -0.508 e. The zero-order chi connectivity index (χ0) is 17.3. The van der Waals surface area contributed by atoms with Gasteiger partial charge in [-0.25, -0.2) is 0 Å². The van der Waals surface area contributed by atoms with E-state index in [0.717, 1.165) is 11.1 Å². The summed E-state index contributed by atoms with van der Waals surface area (Å²) in [6.45, 7) is 0.387. The third kappa shape index (κ3) is 3.46. The molecule has 0 aromatic heterocycles. The third-order valence-electron chi connectivity index (χ3n) is 4.28. The maximum absolute atomic E-state index is 10.2. The molecule has 0 spiro atoms. The van der Waals surface area contributed by atoms with E-state index in [-0.39, 0.29) is 24.2 Å². The van der Waals surface area contributed by atoms with Gasteiger partial charge in [0.1, 0.15) is 5.75 Å². The summed E-state index contributed by atoms with van der Waals surface area (Å²) < 4.78 is 16.2. The van der Waals surface area contributed by atoms with Gasteiger partial charge in [-0.05, 0) is 41.0 Å². The number of fused-ring (bicyclic) bond motifs is 1. The molecule has 0 radical (unpaired) electrons. The zero-order valence-electron chi connectivity index (χ0n) is 14.3. The van der Waals surface area contributed by atoms with Crippen LogP contribution in [0.3, 0.4) is 0 Å². The number of β-amino-alcohol motifs (C(OH)–C–C–N with tert-alkyl or cyclic N) is 1. The molecule has 2 aromatic rings. The van der Waals surface area contributed by atoms with Crippen LogP contribution in [-0.2, 0) is 0 Å². The van der Waals surface area contributed by atoms with Crippen LogP contribution in [-0.4, -0.2) is 38.1 Å². The Morgan fingerprint density at radius 1 is 0.960 bits per heavy atom. The molecule has 0 amide bonds. The number of benzene rings is 2. The average molecular weight is 368 g/mol. The van der Waals surface area contributed by atoms with Crippen molar-refractivity contribution in [3.63, 3.8) is 0 Å². The van der Waals surface area contributed by atoms with Crippen molar-refractivity contribution in [1.29, 1.82) is 0 Å². The summed E-state index contributed by atoms with van der Waals surface area (Å²) in [5.41, 5.74) is 2.54. The summed E-state index contributed by atoms with van der Waals surface area (Å²) >= 11 is 0. The van der Waals surface area contributed by atoms with Crippen LogP contribution in [0.5, 0.6) is 23.0 Å². The number of nitrogens with one attached hydrogen (secondary N) is 1. The molecule has 2 unspecified atom stereocenters. The summed E-state index contributed by atoms with van der Waals surface area (Å²) in [5.74, 6) is 1.81. The van der Waals surface area contributed by atoms with Gasteiger partial charge in [-0.3, -0.25) is 0 Å². The lowest BCUT2D eigenvalue weighted by molar-refractivity contribution is 0.160. The fourth-order valence-corrected chi connectivity index (χ4v) is 3.13. The monoisotopic (exact) mass is 367 g/mol. The highest BCUT2D eigenvalue weighted by Gasteiger charge is 2.28. The van der Waals surface area contributed by atoms with E-state index in [1.54, 1.807) is 33.5 Å². The standard InChI is InChI=1S/C18H21NO5.ClH/c1-22-15-6-10(7-16(23-2)18(15)24-3)17-12-5-4-11(20)8-13(12)14(21)9-19-17;/h4-8,14,17,19-21H,9H2,1-3H3;1H. The van der Waals surface area contributed by atoms with E-state index in [4.69, 9.17) is 14.2 Å². The number of methoxy groups -OCH3 is 3. The first-order valence-electron chi connectivity index (χ1n) is 7.63. The number of aliphatic hydroxyl groups excluding tert-OH is 1. The molecule has 136 valence electrons. The molecule has 0 fully saturated rings. The smallest absolute Gasteiger partial charge is 0.203 e. The lowest BCUT2D eigenvalue weighted by Crippen LogP contribution is -2.33. The fraction of sp³-hybridized carbons (Fsp3) is 0.333. The van der Waals surface area contributed by atoms with Crippen LogP contribution in [0.15, 0.2) is 30.3 Å². The highest BCUT2D eigenvalue weighted by atomic mass is 35.5. The highest BCUT2D eigenvalue weighted by molar-refractivity contribution is 5.85. The largest absolute Gasteiger partial charge is 0.508 e. The number of phenolic OH excluding ortho intramolecular Hbond substituents is 1. The van der Waals surface area contributed by atoms with Crippen molar-refractivity contribution in [2.24, 2.45) is 0 Å². The summed E-state index contributed by atoms with van der Waals surface area (Å²) in [4.78, 5) is 0. The molecule has 7 heteroatoms. The van der Waals surface area contributed by atoms with Crippen LogP contribution in [0.25, 0.3) is 0 Å². The molecule has 2 aromatic carbocycles. The summed E-state index contributed by atoms with van der Waals surface area (Å²) in [6, 6.07) is 8.64. The number of aliphatic hydroxyl groups is 1. The van der Waals surface area contributed by atoms with E-state index >= 15 is 0 Å². The molecule has 0 bridgehead atoms. The van der Waals surface area contributed by atoms with Crippen molar-refractivity contribution >= 4 is 12.4 Å². The summed E-state index contributed by atoms with van der Waals surface area (Å²) in [5, 5.41) is 23.2. The normalized spacial score (nSPS) is 18.7. The molecule has 6 nitrogen and oxygen atoms in total. The Morgan fingerprint density at radius 2 is 1.60 bits per heavy atom. The van der Waals surface area contributed by atoms with Gasteiger partial charge in [-0.15, -0.1) is 12.4 Å². The Labute approximate surface area is 152 Å². The van der Waals surface area contributed by atoms with E-state index in [1.165, 1.54) is 0 Å². The minimum atomic E-state index is -0.662. The molecule has 0 saturated carbocycles. The fourth-order valence-electron chi connectivity index (χ4n) is 3.13. The summed E-state index contributed by atoms with van der Waals surface area (Å²) in [6.07, 6.45) is -0.662. The van der Waals surface area contributed by atoms with Crippen molar-refractivity contribution < 1.29 is 24.4 Å². The molecule has 1 aliphatic heterocycles. The van der Waals surface area contributed by atoms with Crippen LogP contribution in [0.4, 0.5) is 0 Å². The van der Waals surface area contributed by atoms with E-state index in [1.807, 2.05) is 18.2 Å². The number of halogens is 1. The number of ether oxygens (including phenoxy) is 3. The number of aromatic hydroxyl groups is 1. The van der Waals surface area contributed by atoms with Gasteiger partial charge in [0, 0.05) is 6.54 Å². The van der Waals surface area contributed by atoms with Crippen LogP contribution in [0.1, 0.15) is 28.8 Å². The molecule has 0 aliphatic carbocycles. The second-order valence-corrected chi connectivity index (χ2v) is 5.63. The second-order valence-electron chi connectivity index (χ2n) is 5.63. The van der Waals surface area contributed by atoms with Crippen LogP contribution < -0.4 is 19.5 Å². The van der Waals surface area contributed by atoms with Gasteiger partial charge in [0.25, 0.3) is 0 Å². The SMILES string of the molecule is COc1cc(C2NCC(O)c3cc(O)ccc32)cc(OC)c1OC.Cl. The molecule has 2 atom stereocenters. The van der Waals surface area contributed by atoms with E-state index in [0.29, 0.717) is 29.4 Å². The maximum atomic E-state index is 10.2. The molecular weight excluding hydrogens is 346 g/mol. The highest BCUT2D eigenvalue weighted by Crippen LogP contribution is 2.42. The second kappa shape index (κ2) is 7.82. The van der Waals surface area contributed by atoms with Gasteiger partial charge in [-0.1, -0.05) is 6.07 Å². The molecule has 3 rings (SSSR count). The third-order valence-corrected chi connectivity index (χ3v) is 4.28. The van der Waals surface area contributed by atoms with Crippen LogP contribution in [0, 0.1) is 0 Å². The van der Waals surface area contributed by atoms with E-state index < -0.39 is 6.10 Å². The minimum absolute atomic E-state index is 0. The lowest BCUT2D eigenvalue weighted by Gasteiger charge is -2.31. The van der Waals surface area contributed by atoms with Crippen molar-refractivity contribution in [3.8, 4) is 23.0 Å². The molecule has 25 heavy (non-hydrogen) atoms. The van der Waals surface area contributed by atoms with Crippen molar-refractivity contribution in [2.75, 3.05) is 27.9 Å². The van der Waals surface area contributed by atoms with Gasteiger partial charge in [0.15, 0.2) is 11.5 Å². The Kier molecular flexibility index (Phi) is 6.00. The number of hydrogen-bond acceptors (Lipinski definition) is 6. The molecule has 1 aliphatic rings. The van der Waals surface area contributed by atoms with E-state index in [9.17, 15) is 10.2 Å². The summed E-state index contributed by atoms with van der Waals surface area (Å²) in [7, 11) is 4.71. The molecule has 3 N–H and O–H groups in total. The molecule has 0 saturated heterocycles. The van der Waals surface area contributed by atoms with Crippen molar-refractivity contribution in [2.45, 2.75) is 12.1 Å². The van der Waals surface area contributed by atoms with Crippen molar-refractivity contribution in [3.05, 3.63) is 47.0 Å². The Morgan fingerprint density at radius 3 is 2.16 bits per heavy atom. The Balaban J connectivity index is 0.00000225. The number of phenols is 1. The van der Waals surface area contributed by atoms with Gasteiger partial charge in [-0.2, -0.15) is 0 Å². The Bertz CT molecular complexity index is 727. The Hall–Kier alpha value is -2.15. The van der Waals surface area contributed by atoms with Crippen molar-refractivity contribution in [1.82, 2.24) is 5.32 Å². The topological polar surface area (TPSA) is 80.2 Å². The lowest BCUT2D eigenvalue weighted by atomic mass is 9.88. The van der Waals surface area contributed by atoms with Gasteiger partial charge in [0.2, 0.25) is 5.75 Å². The maximum Gasteiger partial charge on any atom is 0.203 e. The van der Waals surface area contributed by atoms with Gasteiger partial charge < -0.3 is 29.7 Å². The average Bonchev–Trinajstić information content (AvgIpc) is 2.61. The molecule has 1 heterocycles. The molecular formula is C18H22ClNO5.